The molecule has 1 aromatic heterocycles. The monoisotopic (exact) mass is 153 g/mol. The third kappa shape index (κ3) is 2.20. The fraction of sp³-hybridized carbons (Fsp3) is 0.375. The number of hydrogen-bond acceptors (Lipinski definition) is 2. The van der Waals surface area contributed by atoms with Gasteiger partial charge in [0.15, 0.2) is 0 Å². The maximum atomic E-state index is 10.9. The zero-order valence-corrected chi connectivity index (χ0v) is 6.68. The highest BCUT2D eigenvalue weighted by molar-refractivity contribution is 5.14. The Morgan fingerprint density at radius 3 is 2.82 bits per heavy atom. The quantitative estimate of drug-likeness (QED) is 0.683. The molecule has 3 nitrogen and oxygen atoms in total. The van der Waals surface area contributed by atoms with Crippen LogP contribution in [0.3, 0.4) is 0 Å². The number of rotatable bonds is 2. The Balaban J connectivity index is 2.99. The lowest BCUT2D eigenvalue weighted by molar-refractivity contribution is 0.184. The van der Waals surface area contributed by atoms with Crippen LogP contribution in [0.1, 0.15) is 11.3 Å². The third-order valence-electron chi connectivity index (χ3n) is 1.35. The minimum atomic E-state index is -0.0722. The van der Waals surface area contributed by atoms with Gasteiger partial charge in [-0.25, -0.2) is 0 Å². The Bertz CT molecular complexity index is 290. The van der Waals surface area contributed by atoms with Gasteiger partial charge in [-0.05, 0) is 18.6 Å². The molecule has 0 unspecified atom stereocenters. The average Bonchev–Trinajstić information content (AvgIpc) is 1.85. The van der Waals surface area contributed by atoms with Gasteiger partial charge in [0.05, 0.1) is 6.61 Å². The highest BCUT2D eigenvalue weighted by Gasteiger charge is 1.93. The second-order valence-electron chi connectivity index (χ2n) is 2.47. The van der Waals surface area contributed by atoms with E-state index in [1.165, 1.54) is 6.07 Å². The van der Waals surface area contributed by atoms with Gasteiger partial charge in [-0.1, -0.05) is 0 Å². The summed E-state index contributed by atoms with van der Waals surface area (Å²) in [6, 6.07) is 3.43. The molecular weight excluding hydrogens is 142 g/mol. The molecule has 1 rings (SSSR count). The second-order valence-corrected chi connectivity index (χ2v) is 2.47. The predicted octanol–water partition coefficient (Wildman–Crippen LogP) is 0.830. The van der Waals surface area contributed by atoms with E-state index in [0.29, 0.717) is 6.61 Å². The Morgan fingerprint density at radius 1 is 1.55 bits per heavy atom. The van der Waals surface area contributed by atoms with Crippen LogP contribution >= 0.6 is 0 Å². The van der Waals surface area contributed by atoms with Gasteiger partial charge in [-0.2, -0.15) is 0 Å². The summed E-state index contributed by atoms with van der Waals surface area (Å²) in [6.45, 7) is 2.34. The van der Waals surface area contributed by atoms with Gasteiger partial charge >= 0.3 is 0 Å². The van der Waals surface area contributed by atoms with Crippen molar-refractivity contribution in [1.82, 2.24) is 4.98 Å². The summed E-state index contributed by atoms with van der Waals surface area (Å²) in [4.78, 5) is 13.5. The summed E-state index contributed by atoms with van der Waals surface area (Å²) < 4.78 is 4.89. The zero-order valence-electron chi connectivity index (χ0n) is 6.68. The highest BCUT2D eigenvalue weighted by atomic mass is 16.5. The molecule has 0 saturated carbocycles. The van der Waals surface area contributed by atoms with Crippen LogP contribution in [-0.2, 0) is 11.3 Å². The molecule has 60 valence electrons. The molecule has 0 aliphatic carbocycles. The second kappa shape index (κ2) is 3.34. The molecule has 0 aromatic carbocycles. The summed E-state index contributed by atoms with van der Waals surface area (Å²) >= 11 is 0. The summed E-state index contributed by atoms with van der Waals surface area (Å²) in [5.41, 5.74) is 1.70. The Labute approximate surface area is 65.0 Å². The van der Waals surface area contributed by atoms with Crippen molar-refractivity contribution < 1.29 is 4.74 Å². The minimum absolute atomic E-state index is 0.0722. The molecule has 1 aromatic rings. The first kappa shape index (κ1) is 8.01. The van der Waals surface area contributed by atoms with Gasteiger partial charge in [0.1, 0.15) is 0 Å². The molecule has 11 heavy (non-hydrogen) atoms. The van der Waals surface area contributed by atoms with E-state index in [9.17, 15) is 4.79 Å². The van der Waals surface area contributed by atoms with Crippen molar-refractivity contribution in [1.29, 1.82) is 0 Å². The maximum Gasteiger partial charge on any atom is 0.248 e. The standard InChI is InChI=1S/C8H11NO2/c1-6-3-7(5-11-2)4-8(10)9-6/h3-4H,5H2,1-2H3,(H,9,10). The number of aromatic amines is 1. The van der Waals surface area contributed by atoms with E-state index < -0.39 is 0 Å². The van der Waals surface area contributed by atoms with Crippen molar-refractivity contribution in [2.75, 3.05) is 7.11 Å². The highest BCUT2D eigenvalue weighted by Crippen LogP contribution is 1.98. The number of methoxy groups -OCH3 is 1. The van der Waals surface area contributed by atoms with E-state index in [0.717, 1.165) is 11.3 Å². The van der Waals surface area contributed by atoms with Crippen LogP contribution in [0.25, 0.3) is 0 Å². The molecule has 0 spiro atoms. The predicted molar refractivity (Wildman–Crippen MR) is 42.5 cm³/mol. The fourth-order valence-corrected chi connectivity index (χ4v) is 1.00. The molecule has 0 amide bonds. The van der Waals surface area contributed by atoms with Crippen LogP contribution in [0.5, 0.6) is 0 Å². The summed E-state index contributed by atoms with van der Waals surface area (Å²) in [7, 11) is 1.61. The summed E-state index contributed by atoms with van der Waals surface area (Å²) in [5, 5.41) is 0. The van der Waals surface area contributed by atoms with E-state index in [4.69, 9.17) is 4.74 Å². The number of H-pyrrole nitrogens is 1. The average molecular weight is 153 g/mol. The lowest BCUT2D eigenvalue weighted by atomic mass is 10.2. The van der Waals surface area contributed by atoms with Gasteiger partial charge in [0, 0.05) is 18.9 Å². The molecule has 0 aliphatic heterocycles. The first-order valence-electron chi connectivity index (χ1n) is 3.41. The minimum Gasteiger partial charge on any atom is -0.380 e. The molecule has 1 N–H and O–H groups in total. The van der Waals surface area contributed by atoms with E-state index in [1.54, 1.807) is 7.11 Å². The van der Waals surface area contributed by atoms with Crippen LogP contribution in [0, 0.1) is 6.92 Å². The lowest BCUT2D eigenvalue weighted by Crippen LogP contribution is -2.07. The van der Waals surface area contributed by atoms with Crippen LogP contribution in [-0.4, -0.2) is 12.1 Å². The molecule has 0 bridgehead atoms. The number of ether oxygens (including phenoxy) is 1. The molecule has 3 heteroatoms. The van der Waals surface area contributed by atoms with Crippen LogP contribution in [0.4, 0.5) is 0 Å². The lowest BCUT2D eigenvalue weighted by Gasteiger charge is -1.98. The summed E-state index contributed by atoms with van der Waals surface area (Å²) in [6.07, 6.45) is 0. The Kier molecular flexibility index (Phi) is 2.44. The Hall–Kier alpha value is -1.09. The van der Waals surface area contributed by atoms with Crippen molar-refractivity contribution in [3.63, 3.8) is 0 Å². The topological polar surface area (TPSA) is 42.1 Å². The number of aryl methyl sites for hydroxylation is 1. The van der Waals surface area contributed by atoms with Crippen molar-refractivity contribution in [2.24, 2.45) is 0 Å². The molecule has 0 radical (unpaired) electrons. The van der Waals surface area contributed by atoms with Crippen molar-refractivity contribution in [2.45, 2.75) is 13.5 Å². The van der Waals surface area contributed by atoms with Gasteiger partial charge in [-0.15, -0.1) is 0 Å². The van der Waals surface area contributed by atoms with E-state index in [1.807, 2.05) is 13.0 Å². The number of hydrogen-bond donors (Lipinski definition) is 1. The first-order chi connectivity index (χ1) is 5.22. The normalized spacial score (nSPS) is 10.0. The van der Waals surface area contributed by atoms with Crippen LogP contribution < -0.4 is 5.56 Å². The summed E-state index contributed by atoms with van der Waals surface area (Å²) in [5.74, 6) is 0. The van der Waals surface area contributed by atoms with Crippen LogP contribution in [0.15, 0.2) is 16.9 Å². The molecule has 0 aliphatic rings. The first-order valence-corrected chi connectivity index (χ1v) is 3.41. The molecular formula is C8H11NO2. The van der Waals surface area contributed by atoms with Gasteiger partial charge in [-0.3, -0.25) is 4.79 Å². The van der Waals surface area contributed by atoms with E-state index in [-0.39, 0.29) is 5.56 Å². The smallest absolute Gasteiger partial charge is 0.248 e. The number of aromatic nitrogens is 1. The molecule has 0 fully saturated rings. The van der Waals surface area contributed by atoms with Gasteiger partial charge in [0.2, 0.25) is 5.56 Å². The number of pyridine rings is 1. The Morgan fingerprint density at radius 2 is 2.27 bits per heavy atom. The zero-order chi connectivity index (χ0) is 8.27. The molecule has 1 heterocycles. The van der Waals surface area contributed by atoms with Crippen molar-refractivity contribution in [3.8, 4) is 0 Å². The molecule has 0 atom stereocenters. The SMILES string of the molecule is COCc1cc(C)[nH]c(=O)c1. The number of nitrogens with one attached hydrogen (secondary N) is 1. The molecule has 0 saturated heterocycles. The van der Waals surface area contributed by atoms with Crippen molar-refractivity contribution >= 4 is 0 Å². The van der Waals surface area contributed by atoms with Crippen LogP contribution in [0.2, 0.25) is 0 Å². The van der Waals surface area contributed by atoms with Gasteiger partial charge < -0.3 is 9.72 Å². The van der Waals surface area contributed by atoms with E-state index in [2.05, 4.69) is 4.98 Å². The van der Waals surface area contributed by atoms with Crippen molar-refractivity contribution in [3.05, 3.63) is 33.7 Å². The largest absolute Gasteiger partial charge is 0.380 e. The maximum absolute atomic E-state index is 10.9. The fourth-order valence-electron chi connectivity index (χ4n) is 1.00. The van der Waals surface area contributed by atoms with Gasteiger partial charge in [0.25, 0.3) is 0 Å². The third-order valence-corrected chi connectivity index (χ3v) is 1.35. The van der Waals surface area contributed by atoms with E-state index >= 15 is 0 Å².